The van der Waals surface area contributed by atoms with Crippen molar-refractivity contribution in [1.29, 1.82) is 0 Å². The summed E-state index contributed by atoms with van der Waals surface area (Å²) in [5.41, 5.74) is 6.16. The highest BCUT2D eigenvalue weighted by Gasteiger charge is 2.14. The third-order valence-corrected chi connectivity index (χ3v) is 2.91. The summed E-state index contributed by atoms with van der Waals surface area (Å²) < 4.78 is 31.6. The Kier molecular flexibility index (Phi) is 2.82. The fraction of sp³-hybridized carbons (Fsp3) is 0.100. The number of halogens is 2. The van der Waals surface area contributed by atoms with E-state index in [2.05, 4.69) is 9.68 Å². The molecule has 0 spiro atoms. The van der Waals surface area contributed by atoms with Crippen molar-refractivity contribution in [3.8, 4) is 11.1 Å². The van der Waals surface area contributed by atoms with Crippen LogP contribution in [0, 0.1) is 11.6 Å². The number of nitrogen functional groups attached to an aromatic ring is 1. The normalized spacial score (nSPS) is 10.7. The van der Waals surface area contributed by atoms with Crippen molar-refractivity contribution >= 4 is 17.6 Å². The molecular weight excluding hydrogens is 234 g/mol. The van der Waals surface area contributed by atoms with Crippen LogP contribution in [-0.4, -0.2) is 11.4 Å². The first-order chi connectivity index (χ1) is 7.63. The van der Waals surface area contributed by atoms with E-state index in [4.69, 9.17) is 5.73 Å². The molecule has 2 N–H and O–H groups in total. The zero-order valence-electron chi connectivity index (χ0n) is 8.33. The molecule has 0 saturated heterocycles. The monoisotopic (exact) mass is 242 g/mol. The van der Waals surface area contributed by atoms with Gasteiger partial charge in [-0.15, -0.1) is 11.8 Å². The first-order valence-corrected chi connectivity index (χ1v) is 5.59. The number of rotatable bonds is 2. The van der Waals surface area contributed by atoms with Crippen LogP contribution in [0.25, 0.3) is 11.1 Å². The summed E-state index contributed by atoms with van der Waals surface area (Å²) in [5.74, 6) is -1.21. The summed E-state index contributed by atoms with van der Waals surface area (Å²) in [6, 6.07) is 2.41. The molecule has 0 aliphatic heterocycles. The van der Waals surface area contributed by atoms with Gasteiger partial charge in [-0.25, -0.2) is 8.78 Å². The Morgan fingerprint density at radius 1 is 1.31 bits per heavy atom. The molecular formula is C10H8F2N2OS. The van der Waals surface area contributed by atoms with Crippen molar-refractivity contribution in [2.75, 3.05) is 12.0 Å². The molecule has 0 amide bonds. The summed E-state index contributed by atoms with van der Waals surface area (Å²) in [6.45, 7) is 0. The maximum Gasteiger partial charge on any atom is 0.229 e. The molecule has 0 aliphatic rings. The molecule has 0 bridgehead atoms. The predicted octanol–water partition coefficient (Wildman–Crippen LogP) is 2.92. The van der Waals surface area contributed by atoms with Crippen molar-refractivity contribution in [3.63, 3.8) is 0 Å². The lowest BCUT2D eigenvalue weighted by atomic mass is 10.1. The predicted molar refractivity (Wildman–Crippen MR) is 58.0 cm³/mol. The molecule has 1 heterocycles. The van der Waals surface area contributed by atoms with Gasteiger partial charge in [-0.05, 0) is 24.0 Å². The van der Waals surface area contributed by atoms with Gasteiger partial charge in [0.15, 0.2) is 0 Å². The van der Waals surface area contributed by atoms with Crippen LogP contribution in [0.4, 0.5) is 14.7 Å². The Morgan fingerprint density at radius 2 is 1.94 bits per heavy atom. The molecule has 2 rings (SSSR count). The van der Waals surface area contributed by atoms with Crippen LogP contribution in [0.15, 0.2) is 27.7 Å². The number of hydrogen-bond acceptors (Lipinski definition) is 4. The van der Waals surface area contributed by atoms with Gasteiger partial charge < -0.3 is 10.3 Å². The molecule has 84 valence electrons. The summed E-state index contributed by atoms with van der Waals surface area (Å²) in [7, 11) is 0. The lowest BCUT2D eigenvalue weighted by Gasteiger charge is -2.04. The Morgan fingerprint density at radius 3 is 2.38 bits per heavy atom. The van der Waals surface area contributed by atoms with Crippen LogP contribution in [-0.2, 0) is 0 Å². The second kappa shape index (κ2) is 4.13. The fourth-order valence-corrected chi connectivity index (χ4v) is 1.88. The largest absolute Gasteiger partial charge is 0.367 e. The third kappa shape index (κ3) is 1.76. The van der Waals surface area contributed by atoms with Crippen molar-refractivity contribution in [2.24, 2.45) is 0 Å². The van der Waals surface area contributed by atoms with Gasteiger partial charge in [-0.3, -0.25) is 0 Å². The molecule has 0 radical (unpaired) electrons. The van der Waals surface area contributed by atoms with Crippen LogP contribution in [0.3, 0.4) is 0 Å². The summed E-state index contributed by atoms with van der Waals surface area (Å²) in [5, 5.41) is 3.45. The molecule has 2 aromatic rings. The van der Waals surface area contributed by atoms with Crippen LogP contribution >= 0.6 is 11.8 Å². The molecule has 0 fully saturated rings. The SMILES string of the molecule is CSc1c(F)cc(-c2cnoc2N)cc1F. The molecule has 0 aliphatic carbocycles. The van der Waals surface area contributed by atoms with E-state index in [-0.39, 0.29) is 10.8 Å². The number of nitrogens with two attached hydrogens (primary N) is 1. The van der Waals surface area contributed by atoms with E-state index in [1.807, 2.05) is 0 Å². The average molecular weight is 242 g/mol. The number of aromatic nitrogens is 1. The highest BCUT2D eigenvalue weighted by molar-refractivity contribution is 7.98. The summed E-state index contributed by atoms with van der Waals surface area (Å²) in [4.78, 5) is -0.0150. The highest BCUT2D eigenvalue weighted by atomic mass is 32.2. The second-order valence-corrected chi connectivity index (χ2v) is 3.89. The standard InChI is InChI=1S/C10H8F2N2OS/c1-16-9-7(11)2-5(3-8(9)12)6-4-14-15-10(6)13/h2-4H,13H2,1H3. The van der Waals surface area contributed by atoms with E-state index >= 15 is 0 Å². The molecule has 0 atom stereocenters. The van der Waals surface area contributed by atoms with Crippen molar-refractivity contribution in [1.82, 2.24) is 5.16 Å². The van der Waals surface area contributed by atoms with Crippen molar-refractivity contribution in [2.45, 2.75) is 4.90 Å². The minimum atomic E-state index is -0.622. The van der Waals surface area contributed by atoms with Gasteiger partial charge in [-0.2, -0.15) is 0 Å². The Hall–Kier alpha value is -1.56. The van der Waals surface area contributed by atoms with Crippen molar-refractivity contribution < 1.29 is 13.3 Å². The number of thioether (sulfide) groups is 1. The number of anilines is 1. The van der Waals surface area contributed by atoms with Gasteiger partial charge in [-0.1, -0.05) is 5.16 Å². The smallest absolute Gasteiger partial charge is 0.229 e. The van der Waals surface area contributed by atoms with Crippen LogP contribution in [0.5, 0.6) is 0 Å². The minimum Gasteiger partial charge on any atom is -0.367 e. The molecule has 6 heteroatoms. The van der Waals surface area contributed by atoms with Gasteiger partial charge in [0.05, 0.1) is 16.7 Å². The fourth-order valence-electron chi connectivity index (χ4n) is 1.38. The lowest BCUT2D eigenvalue weighted by molar-refractivity contribution is 0.436. The first-order valence-electron chi connectivity index (χ1n) is 4.37. The number of hydrogen-bond donors (Lipinski definition) is 1. The second-order valence-electron chi connectivity index (χ2n) is 3.08. The molecule has 3 nitrogen and oxygen atoms in total. The lowest BCUT2D eigenvalue weighted by Crippen LogP contribution is -1.91. The Balaban J connectivity index is 2.57. The molecule has 16 heavy (non-hydrogen) atoms. The van der Waals surface area contributed by atoms with E-state index in [1.54, 1.807) is 6.26 Å². The van der Waals surface area contributed by atoms with Gasteiger partial charge in [0.2, 0.25) is 5.88 Å². The topological polar surface area (TPSA) is 52.0 Å². The van der Waals surface area contributed by atoms with Crippen LogP contribution in [0.1, 0.15) is 0 Å². The maximum absolute atomic E-state index is 13.5. The van der Waals surface area contributed by atoms with Gasteiger partial charge >= 0.3 is 0 Å². The molecule has 0 unspecified atom stereocenters. The summed E-state index contributed by atoms with van der Waals surface area (Å²) >= 11 is 1.01. The zero-order valence-corrected chi connectivity index (χ0v) is 9.15. The van der Waals surface area contributed by atoms with Gasteiger partial charge in [0.25, 0.3) is 0 Å². The highest BCUT2D eigenvalue weighted by Crippen LogP contribution is 2.31. The van der Waals surface area contributed by atoms with Crippen LogP contribution < -0.4 is 5.73 Å². The molecule has 1 aromatic carbocycles. The van der Waals surface area contributed by atoms with Crippen LogP contribution in [0.2, 0.25) is 0 Å². The van der Waals surface area contributed by atoms with E-state index in [0.29, 0.717) is 11.1 Å². The van der Waals surface area contributed by atoms with Gasteiger partial charge in [0, 0.05) is 0 Å². The minimum absolute atomic E-state index is 0.0150. The maximum atomic E-state index is 13.5. The number of benzene rings is 1. The average Bonchev–Trinajstić information content (AvgIpc) is 2.64. The van der Waals surface area contributed by atoms with E-state index < -0.39 is 11.6 Å². The Bertz CT molecular complexity index is 504. The van der Waals surface area contributed by atoms with E-state index in [1.165, 1.54) is 18.3 Å². The number of nitrogens with zero attached hydrogens (tertiary/aromatic N) is 1. The summed E-state index contributed by atoms with van der Waals surface area (Å²) in [6.07, 6.45) is 2.93. The molecule has 0 saturated carbocycles. The first kappa shape index (κ1) is 10.9. The van der Waals surface area contributed by atoms with Crippen molar-refractivity contribution in [3.05, 3.63) is 30.0 Å². The van der Waals surface area contributed by atoms with E-state index in [0.717, 1.165) is 11.8 Å². The zero-order chi connectivity index (χ0) is 11.7. The van der Waals surface area contributed by atoms with E-state index in [9.17, 15) is 8.78 Å². The third-order valence-electron chi connectivity index (χ3n) is 2.11. The molecule has 1 aromatic heterocycles. The Labute approximate surface area is 94.6 Å². The van der Waals surface area contributed by atoms with Gasteiger partial charge in [0.1, 0.15) is 11.6 Å². The quantitative estimate of drug-likeness (QED) is 0.822.